The smallest absolute Gasteiger partial charge is 0.240 e. The molecule has 3 amide bonds. The van der Waals surface area contributed by atoms with E-state index in [1.165, 1.54) is 15.8 Å². The number of aromatic nitrogens is 1. The van der Waals surface area contributed by atoms with Gasteiger partial charge in [0.15, 0.2) is 0 Å². The van der Waals surface area contributed by atoms with Crippen LogP contribution in [0.1, 0.15) is 30.9 Å². The maximum absolute atomic E-state index is 12.9. The van der Waals surface area contributed by atoms with Crippen LogP contribution in [0.4, 0.5) is 0 Å². The molecule has 3 aromatic rings. The molecular weight excluding hydrogens is 390 g/mol. The highest BCUT2D eigenvalue weighted by Gasteiger charge is 2.49. The first-order valence-electron chi connectivity index (χ1n) is 10.6. The largest absolute Gasteiger partial charge is 0.356 e. The molecule has 1 aliphatic rings. The van der Waals surface area contributed by atoms with E-state index < -0.39 is 5.41 Å². The van der Waals surface area contributed by atoms with Crippen molar-refractivity contribution in [2.24, 2.45) is 7.05 Å². The third-order valence-electron chi connectivity index (χ3n) is 6.19. The number of fused-ring (bicyclic) bond motifs is 1. The van der Waals surface area contributed by atoms with Gasteiger partial charge in [-0.05, 0) is 30.5 Å². The molecule has 6 heteroatoms. The molecule has 1 saturated heterocycles. The monoisotopic (exact) mass is 417 g/mol. The van der Waals surface area contributed by atoms with Gasteiger partial charge in [0, 0.05) is 50.1 Å². The van der Waals surface area contributed by atoms with Crippen LogP contribution >= 0.6 is 0 Å². The van der Waals surface area contributed by atoms with Crippen LogP contribution in [0.3, 0.4) is 0 Å². The molecular formula is C25H27N3O3. The topological polar surface area (TPSA) is 71.4 Å². The fraction of sp³-hybridized carbons (Fsp3) is 0.320. The van der Waals surface area contributed by atoms with Gasteiger partial charge in [0.05, 0.1) is 5.41 Å². The zero-order chi connectivity index (χ0) is 22.0. The minimum Gasteiger partial charge on any atom is -0.356 e. The third-order valence-corrected chi connectivity index (χ3v) is 6.19. The third kappa shape index (κ3) is 3.98. The SMILES string of the molecule is Cn1cc(CCNC(=O)CCN2C(=O)C[C@@](C)(c3ccccc3)C2=O)c2ccccc21. The first kappa shape index (κ1) is 20.8. The van der Waals surface area contributed by atoms with Crippen LogP contribution in [0.5, 0.6) is 0 Å². The summed E-state index contributed by atoms with van der Waals surface area (Å²) in [5.41, 5.74) is 2.32. The number of nitrogens with zero attached hydrogens (tertiary/aromatic N) is 2. The van der Waals surface area contributed by atoms with Gasteiger partial charge >= 0.3 is 0 Å². The van der Waals surface area contributed by atoms with Gasteiger partial charge in [-0.15, -0.1) is 0 Å². The Labute approximate surface area is 181 Å². The quantitative estimate of drug-likeness (QED) is 0.601. The first-order valence-corrected chi connectivity index (χ1v) is 10.6. The highest BCUT2D eigenvalue weighted by molar-refractivity contribution is 6.09. The summed E-state index contributed by atoms with van der Waals surface area (Å²) in [6.07, 6.45) is 3.06. The molecule has 0 unspecified atom stereocenters. The van der Waals surface area contributed by atoms with Gasteiger partial charge in [-0.3, -0.25) is 19.3 Å². The summed E-state index contributed by atoms with van der Waals surface area (Å²) in [5, 5.41) is 4.10. The number of nitrogens with one attached hydrogen (secondary N) is 1. The maximum Gasteiger partial charge on any atom is 0.240 e. The Morgan fingerprint density at radius 1 is 1.06 bits per heavy atom. The van der Waals surface area contributed by atoms with E-state index in [0.717, 1.165) is 17.5 Å². The molecule has 31 heavy (non-hydrogen) atoms. The van der Waals surface area contributed by atoms with E-state index in [4.69, 9.17) is 0 Å². The first-order chi connectivity index (χ1) is 14.9. The van der Waals surface area contributed by atoms with Crippen molar-refractivity contribution in [1.29, 1.82) is 0 Å². The van der Waals surface area contributed by atoms with Crippen LogP contribution in [0.15, 0.2) is 60.8 Å². The summed E-state index contributed by atoms with van der Waals surface area (Å²) in [6.45, 7) is 2.42. The van der Waals surface area contributed by atoms with E-state index in [1.54, 1.807) is 6.92 Å². The molecule has 1 atom stereocenters. The summed E-state index contributed by atoms with van der Waals surface area (Å²) in [5.74, 6) is -0.610. The molecule has 0 spiro atoms. The summed E-state index contributed by atoms with van der Waals surface area (Å²) in [6, 6.07) is 17.5. The van der Waals surface area contributed by atoms with Crippen LogP contribution in [0.25, 0.3) is 10.9 Å². The molecule has 6 nitrogen and oxygen atoms in total. The molecule has 0 bridgehead atoms. The molecule has 2 heterocycles. The van der Waals surface area contributed by atoms with Crippen molar-refractivity contribution < 1.29 is 14.4 Å². The standard InChI is InChI=1S/C25H27N3O3/c1-25(19-8-4-3-5-9-19)16-23(30)28(24(25)31)15-13-22(29)26-14-12-18-17-27(2)21-11-7-6-10-20(18)21/h3-11,17H,12-16H2,1-2H3,(H,26,29)/t25-/m0/s1. The summed E-state index contributed by atoms with van der Waals surface area (Å²) in [4.78, 5) is 39.0. The highest BCUT2D eigenvalue weighted by Crippen LogP contribution is 2.36. The molecule has 0 saturated carbocycles. The average Bonchev–Trinajstić information content (AvgIpc) is 3.21. The Bertz CT molecular complexity index is 1140. The van der Waals surface area contributed by atoms with Crippen molar-refractivity contribution >= 4 is 28.6 Å². The van der Waals surface area contributed by atoms with Crippen LogP contribution < -0.4 is 5.32 Å². The van der Waals surface area contributed by atoms with Crippen LogP contribution in [0.2, 0.25) is 0 Å². The Morgan fingerprint density at radius 2 is 1.77 bits per heavy atom. The van der Waals surface area contributed by atoms with Crippen molar-refractivity contribution in [3.8, 4) is 0 Å². The Hall–Kier alpha value is -3.41. The van der Waals surface area contributed by atoms with E-state index >= 15 is 0 Å². The lowest BCUT2D eigenvalue weighted by Crippen LogP contribution is -2.39. The van der Waals surface area contributed by atoms with Gasteiger partial charge in [-0.25, -0.2) is 0 Å². The molecule has 2 aromatic carbocycles. The number of carbonyl (C=O) groups excluding carboxylic acids is 3. The fourth-order valence-corrected chi connectivity index (χ4v) is 4.41. The number of carbonyl (C=O) groups is 3. The van der Waals surface area contributed by atoms with Gasteiger partial charge < -0.3 is 9.88 Å². The van der Waals surface area contributed by atoms with E-state index in [2.05, 4.69) is 28.2 Å². The lowest BCUT2D eigenvalue weighted by molar-refractivity contribution is -0.140. The van der Waals surface area contributed by atoms with E-state index in [-0.39, 0.29) is 37.1 Å². The number of amides is 3. The molecule has 0 aliphatic carbocycles. The molecule has 4 rings (SSSR count). The Balaban J connectivity index is 1.31. The maximum atomic E-state index is 12.9. The lowest BCUT2D eigenvalue weighted by Gasteiger charge is -2.22. The van der Waals surface area contributed by atoms with Crippen molar-refractivity contribution in [2.45, 2.75) is 31.6 Å². The Kier molecular flexibility index (Phi) is 5.63. The predicted molar refractivity (Wildman–Crippen MR) is 119 cm³/mol. The van der Waals surface area contributed by atoms with Crippen molar-refractivity contribution in [3.05, 3.63) is 71.9 Å². The lowest BCUT2D eigenvalue weighted by atomic mass is 9.81. The molecule has 1 fully saturated rings. The number of hydrogen-bond acceptors (Lipinski definition) is 3. The van der Waals surface area contributed by atoms with E-state index in [1.807, 2.05) is 49.5 Å². The van der Waals surface area contributed by atoms with E-state index in [9.17, 15) is 14.4 Å². The van der Waals surface area contributed by atoms with Crippen LogP contribution in [-0.2, 0) is 33.3 Å². The van der Waals surface area contributed by atoms with Crippen LogP contribution in [-0.4, -0.2) is 40.3 Å². The highest BCUT2D eigenvalue weighted by atomic mass is 16.2. The summed E-state index contributed by atoms with van der Waals surface area (Å²) < 4.78 is 2.08. The second-order valence-electron chi connectivity index (χ2n) is 8.36. The molecule has 0 radical (unpaired) electrons. The number of benzene rings is 2. The second-order valence-corrected chi connectivity index (χ2v) is 8.36. The van der Waals surface area contributed by atoms with Gasteiger partial charge in [-0.2, -0.15) is 0 Å². The zero-order valence-corrected chi connectivity index (χ0v) is 17.9. The number of para-hydroxylation sites is 1. The van der Waals surface area contributed by atoms with Crippen LogP contribution in [0, 0.1) is 0 Å². The second kappa shape index (κ2) is 8.38. The number of rotatable bonds is 7. The number of imide groups is 1. The number of aryl methyl sites for hydroxylation is 1. The predicted octanol–water partition coefficient (Wildman–Crippen LogP) is 2.94. The Morgan fingerprint density at radius 3 is 2.55 bits per heavy atom. The van der Waals surface area contributed by atoms with E-state index in [0.29, 0.717) is 6.54 Å². The van der Waals surface area contributed by atoms with Crippen molar-refractivity contribution in [1.82, 2.24) is 14.8 Å². The van der Waals surface area contributed by atoms with Gasteiger partial charge in [0.25, 0.3) is 0 Å². The number of likely N-dealkylation sites (tertiary alicyclic amines) is 1. The molecule has 160 valence electrons. The summed E-state index contributed by atoms with van der Waals surface area (Å²) >= 11 is 0. The van der Waals surface area contributed by atoms with Crippen molar-refractivity contribution in [2.75, 3.05) is 13.1 Å². The number of hydrogen-bond donors (Lipinski definition) is 1. The molecule has 1 aliphatic heterocycles. The summed E-state index contributed by atoms with van der Waals surface area (Å²) in [7, 11) is 2.01. The van der Waals surface area contributed by atoms with Gasteiger partial charge in [0.2, 0.25) is 17.7 Å². The molecule has 1 N–H and O–H groups in total. The minimum atomic E-state index is -0.858. The molecule has 1 aromatic heterocycles. The van der Waals surface area contributed by atoms with Gasteiger partial charge in [-0.1, -0.05) is 48.5 Å². The fourth-order valence-electron chi connectivity index (χ4n) is 4.41. The average molecular weight is 418 g/mol. The normalized spacial score (nSPS) is 18.7. The van der Waals surface area contributed by atoms with Crippen molar-refractivity contribution in [3.63, 3.8) is 0 Å². The van der Waals surface area contributed by atoms with Gasteiger partial charge in [0.1, 0.15) is 0 Å². The zero-order valence-electron chi connectivity index (χ0n) is 17.9. The minimum absolute atomic E-state index is 0.109.